The van der Waals surface area contributed by atoms with E-state index in [1.165, 1.54) is 10.9 Å². The first-order valence-electron chi connectivity index (χ1n) is 8.85. The van der Waals surface area contributed by atoms with E-state index in [-0.39, 0.29) is 0 Å². The highest BCUT2D eigenvalue weighted by Crippen LogP contribution is 2.17. The number of aromatic nitrogens is 1. The second kappa shape index (κ2) is 9.12. The van der Waals surface area contributed by atoms with E-state index in [1.807, 2.05) is 39.1 Å². The number of fused-ring (bicyclic) bond motifs is 1. The van der Waals surface area contributed by atoms with Gasteiger partial charge in [0.1, 0.15) is 5.60 Å². The van der Waals surface area contributed by atoms with E-state index in [1.54, 1.807) is 7.05 Å². The molecule has 0 atom stereocenters. The maximum Gasteiger partial charge on any atom is 0.407 e. The molecule has 1 amide bonds. The zero-order valence-electron chi connectivity index (χ0n) is 16.0. The molecule has 4 N–H and O–H groups in total. The fourth-order valence-electron chi connectivity index (χ4n) is 2.53. The Morgan fingerprint density at radius 3 is 2.54 bits per heavy atom. The van der Waals surface area contributed by atoms with Gasteiger partial charge in [0.05, 0.1) is 0 Å². The molecule has 0 unspecified atom stereocenters. The number of nitrogens with one attached hydrogen (secondary N) is 4. The minimum absolute atomic E-state index is 0.415. The molecule has 2 aromatic rings. The summed E-state index contributed by atoms with van der Waals surface area (Å²) in [6, 6.07) is 8.27. The molecule has 0 saturated heterocycles. The monoisotopic (exact) mass is 359 g/mol. The Morgan fingerprint density at radius 1 is 1.12 bits per heavy atom. The number of H-pyrrole nitrogens is 1. The van der Waals surface area contributed by atoms with Gasteiger partial charge in [-0.25, -0.2) is 4.79 Å². The Balaban J connectivity index is 1.67. The highest BCUT2D eigenvalue weighted by molar-refractivity contribution is 5.83. The van der Waals surface area contributed by atoms with Crippen molar-refractivity contribution < 1.29 is 9.53 Å². The molecule has 1 aromatic carbocycles. The summed E-state index contributed by atoms with van der Waals surface area (Å²) in [5, 5.41) is 10.4. The zero-order valence-corrected chi connectivity index (χ0v) is 16.0. The number of carbonyl (C=O) groups is 1. The maximum atomic E-state index is 11.6. The van der Waals surface area contributed by atoms with Crippen molar-refractivity contribution >= 4 is 23.0 Å². The van der Waals surface area contributed by atoms with Gasteiger partial charge in [-0.3, -0.25) is 4.99 Å². The van der Waals surface area contributed by atoms with Crippen LogP contribution in [-0.2, 0) is 11.2 Å². The first kappa shape index (κ1) is 19.6. The fourth-order valence-corrected chi connectivity index (χ4v) is 2.53. The summed E-state index contributed by atoms with van der Waals surface area (Å²) >= 11 is 0. The molecule has 1 heterocycles. The predicted octanol–water partition coefficient (Wildman–Crippen LogP) is 2.40. The smallest absolute Gasteiger partial charge is 0.407 e. The molecule has 0 radical (unpaired) electrons. The summed E-state index contributed by atoms with van der Waals surface area (Å²) in [5.41, 5.74) is 1.94. The summed E-state index contributed by atoms with van der Waals surface area (Å²) in [6.07, 6.45) is 2.52. The summed E-state index contributed by atoms with van der Waals surface area (Å²) in [7, 11) is 1.72. The molecule has 0 bridgehead atoms. The molecule has 2 rings (SSSR count). The topological polar surface area (TPSA) is 90.5 Å². The van der Waals surface area contributed by atoms with Crippen molar-refractivity contribution in [2.75, 3.05) is 26.7 Å². The lowest BCUT2D eigenvalue weighted by molar-refractivity contribution is 0.0529. The minimum atomic E-state index is -0.489. The number of nitrogens with zero attached hydrogens (tertiary/aromatic N) is 1. The lowest BCUT2D eigenvalue weighted by Crippen LogP contribution is -2.42. The van der Waals surface area contributed by atoms with E-state index < -0.39 is 11.7 Å². The second-order valence-electron chi connectivity index (χ2n) is 6.96. The lowest BCUT2D eigenvalue weighted by atomic mass is 10.1. The highest BCUT2D eigenvalue weighted by Gasteiger charge is 2.15. The minimum Gasteiger partial charge on any atom is -0.444 e. The first-order chi connectivity index (χ1) is 12.4. The van der Waals surface area contributed by atoms with Gasteiger partial charge in [0.15, 0.2) is 5.96 Å². The lowest BCUT2D eigenvalue weighted by Gasteiger charge is -2.19. The maximum absolute atomic E-state index is 11.6. The van der Waals surface area contributed by atoms with Crippen LogP contribution >= 0.6 is 0 Å². The van der Waals surface area contributed by atoms with Crippen molar-refractivity contribution in [2.45, 2.75) is 32.8 Å². The van der Waals surface area contributed by atoms with Crippen LogP contribution in [0, 0.1) is 0 Å². The van der Waals surface area contributed by atoms with Crippen molar-refractivity contribution in [2.24, 2.45) is 4.99 Å². The number of benzene rings is 1. The van der Waals surface area contributed by atoms with Crippen molar-refractivity contribution in [1.82, 2.24) is 20.9 Å². The number of ether oxygens (including phenoxy) is 1. The quantitative estimate of drug-likeness (QED) is 0.362. The number of aromatic amines is 1. The number of rotatable bonds is 6. The summed E-state index contributed by atoms with van der Waals surface area (Å²) in [5.74, 6) is 0.704. The van der Waals surface area contributed by atoms with E-state index in [4.69, 9.17) is 4.74 Å². The number of hydrogen-bond donors (Lipinski definition) is 4. The standard InChI is InChI=1S/C19H29N5O2/c1-19(2,3)26-18(25)23-12-11-22-17(20-4)21-10-9-14-13-24-16-8-6-5-7-15(14)16/h5-8,13,24H,9-12H2,1-4H3,(H,23,25)(H2,20,21,22). The van der Waals surface area contributed by atoms with Crippen LogP contribution in [0.25, 0.3) is 10.9 Å². The second-order valence-corrected chi connectivity index (χ2v) is 6.96. The number of guanidine groups is 1. The molecule has 26 heavy (non-hydrogen) atoms. The molecular weight excluding hydrogens is 330 g/mol. The third-order valence-corrected chi connectivity index (χ3v) is 3.67. The van der Waals surface area contributed by atoms with Crippen LogP contribution in [0.2, 0.25) is 0 Å². The van der Waals surface area contributed by atoms with E-state index in [2.05, 4.69) is 38.1 Å². The van der Waals surface area contributed by atoms with Gasteiger partial charge < -0.3 is 25.7 Å². The molecule has 7 nitrogen and oxygen atoms in total. The summed E-state index contributed by atoms with van der Waals surface area (Å²) < 4.78 is 5.19. The molecule has 0 aliphatic heterocycles. The molecule has 0 spiro atoms. The largest absolute Gasteiger partial charge is 0.444 e. The third kappa shape index (κ3) is 6.31. The molecule has 1 aromatic heterocycles. The normalized spacial score (nSPS) is 12.1. The molecule has 7 heteroatoms. The summed E-state index contributed by atoms with van der Waals surface area (Å²) in [4.78, 5) is 19.0. The van der Waals surface area contributed by atoms with Gasteiger partial charge in [0.2, 0.25) is 0 Å². The molecule has 0 fully saturated rings. The predicted molar refractivity (Wildman–Crippen MR) is 106 cm³/mol. The number of aliphatic imine (C=N–C) groups is 1. The van der Waals surface area contributed by atoms with Crippen LogP contribution in [-0.4, -0.2) is 49.3 Å². The number of carbonyl (C=O) groups excluding carboxylic acids is 1. The van der Waals surface area contributed by atoms with Gasteiger partial charge in [-0.2, -0.15) is 0 Å². The van der Waals surface area contributed by atoms with E-state index in [0.29, 0.717) is 19.0 Å². The van der Waals surface area contributed by atoms with E-state index in [9.17, 15) is 4.79 Å². The Labute approximate surface area is 154 Å². The van der Waals surface area contributed by atoms with Crippen molar-refractivity contribution in [3.8, 4) is 0 Å². The van der Waals surface area contributed by atoms with Gasteiger partial charge in [-0.1, -0.05) is 18.2 Å². The Bertz CT molecular complexity index is 746. The van der Waals surface area contributed by atoms with Crippen molar-refractivity contribution in [3.63, 3.8) is 0 Å². The fraction of sp³-hybridized carbons (Fsp3) is 0.474. The van der Waals surface area contributed by atoms with Crippen LogP contribution in [0.15, 0.2) is 35.5 Å². The average molecular weight is 359 g/mol. The van der Waals surface area contributed by atoms with Gasteiger partial charge in [0, 0.05) is 43.8 Å². The van der Waals surface area contributed by atoms with Crippen LogP contribution in [0.5, 0.6) is 0 Å². The SMILES string of the molecule is CN=C(NCCNC(=O)OC(C)(C)C)NCCc1c[nH]c2ccccc12. The van der Waals surface area contributed by atoms with Crippen LogP contribution in [0.3, 0.4) is 0 Å². The summed E-state index contributed by atoms with van der Waals surface area (Å²) in [6.45, 7) is 7.30. The third-order valence-electron chi connectivity index (χ3n) is 3.67. The number of hydrogen-bond acceptors (Lipinski definition) is 3. The van der Waals surface area contributed by atoms with Crippen LogP contribution in [0.4, 0.5) is 4.79 Å². The highest BCUT2D eigenvalue weighted by atomic mass is 16.6. The van der Waals surface area contributed by atoms with E-state index in [0.717, 1.165) is 18.5 Å². The Hall–Kier alpha value is -2.70. The van der Waals surface area contributed by atoms with E-state index >= 15 is 0 Å². The molecule has 142 valence electrons. The van der Waals surface area contributed by atoms with Crippen molar-refractivity contribution in [1.29, 1.82) is 0 Å². The van der Waals surface area contributed by atoms with Gasteiger partial charge in [-0.15, -0.1) is 0 Å². The Morgan fingerprint density at radius 2 is 1.81 bits per heavy atom. The average Bonchev–Trinajstić information content (AvgIpc) is 2.99. The van der Waals surface area contributed by atoms with Crippen LogP contribution in [0.1, 0.15) is 26.3 Å². The van der Waals surface area contributed by atoms with Crippen LogP contribution < -0.4 is 16.0 Å². The molecular formula is C19H29N5O2. The van der Waals surface area contributed by atoms with Crippen molar-refractivity contribution in [3.05, 3.63) is 36.0 Å². The van der Waals surface area contributed by atoms with Gasteiger partial charge >= 0.3 is 6.09 Å². The zero-order chi connectivity index (χ0) is 19.0. The first-order valence-corrected chi connectivity index (χ1v) is 8.85. The number of alkyl carbamates (subject to hydrolysis) is 1. The number of para-hydroxylation sites is 1. The molecule has 0 saturated carbocycles. The van der Waals surface area contributed by atoms with Gasteiger partial charge in [-0.05, 0) is 38.8 Å². The number of amides is 1. The Kier molecular flexibility index (Phi) is 6.89. The van der Waals surface area contributed by atoms with Gasteiger partial charge in [0.25, 0.3) is 0 Å². The molecule has 0 aliphatic rings. The molecule has 0 aliphatic carbocycles.